The Balaban J connectivity index is 1.99. The van der Waals surface area contributed by atoms with E-state index < -0.39 is 0 Å². The van der Waals surface area contributed by atoms with E-state index in [1.165, 1.54) is 5.57 Å². The summed E-state index contributed by atoms with van der Waals surface area (Å²) < 4.78 is 0. The van der Waals surface area contributed by atoms with Gasteiger partial charge >= 0.3 is 0 Å². The molecule has 0 saturated heterocycles. The SMILES string of the molecule is N#Cc1ncccc1NCC1=CCNCC1. The Morgan fingerprint density at radius 2 is 2.50 bits per heavy atom. The maximum absolute atomic E-state index is 8.88. The highest BCUT2D eigenvalue weighted by Gasteiger charge is 2.05. The van der Waals surface area contributed by atoms with Gasteiger partial charge in [-0.1, -0.05) is 11.6 Å². The molecule has 0 unspecified atom stereocenters. The van der Waals surface area contributed by atoms with Gasteiger partial charge in [-0.3, -0.25) is 0 Å². The standard InChI is InChI=1S/C12H14N4/c13-8-12-11(2-1-5-15-12)16-9-10-3-6-14-7-4-10/h1-3,5,14,16H,4,6-7,9H2. The highest BCUT2D eigenvalue weighted by molar-refractivity contribution is 5.53. The number of rotatable bonds is 3. The third kappa shape index (κ3) is 2.59. The molecule has 1 aromatic heterocycles. The lowest BCUT2D eigenvalue weighted by Crippen LogP contribution is -2.23. The van der Waals surface area contributed by atoms with Gasteiger partial charge in [-0.2, -0.15) is 5.26 Å². The monoisotopic (exact) mass is 214 g/mol. The normalized spacial score (nSPS) is 15.1. The number of anilines is 1. The number of hydrogen-bond acceptors (Lipinski definition) is 4. The Labute approximate surface area is 95.0 Å². The van der Waals surface area contributed by atoms with E-state index >= 15 is 0 Å². The first kappa shape index (κ1) is 10.7. The first-order valence-electron chi connectivity index (χ1n) is 5.38. The Morgan fingerprint density at radius 1 is 1.56 bits per heavy atom. The topological polar surface area (TPSA) is 60.7 Å². The van der Waals surface area contributed by atoms with E-state index in [1.807, 2.05) is 12.1 Å². The minimum Gasteiger partial charge on any atom is -0.379 e. The molecule has 0 aromatic carbocycles. The summed E-state index contributed by atoms with van der Waals surface area (Å²) in [7, 11) is 0. The molecule has 0 atom stereocenters. The first-order chi connectivity index (χ1) is 7.90. The molecule has 0 saturated carbocycles. The van der Waals surface area contributed by atoms with Crippen LogP contribution >= 0.6 is 0 Å². The van der Waals surface area contributed by atoms with E-state index in [0.717, 1.165) is 31.7 Å². The molecule has 2 rings (SSSR count). The number of nitriles is 1. The molecule has 4 heteroatoms. The summed E-state index contributed by atoms with van der Waals surface area (Å²) in [5.41, 5.74) is 2.65. The van der Waals surface area contributed by atoms with E-state index in [9.17, 15) is 0 Å². The average molecular weight is 214 g/mol. The van der Waals surface area contributed by atoms with Crippen molar-refractivity contribution in [1.29, 1.82) is 5.26 Å². The van der Waals surface area contributed by atoms with Crippen LogP contribution in [0.5, 0.6) is 0 Å². The van der Waals surface area contributed by atoms with Crippen LogP contribution in [0.3, 0.4) is 0 Å². The van der Waals surface area contributed by atoms with Gasteiger partial charge in [0.2, 0.25) is 0 Å². The fourth-order valence-electron chi connectivity index (χ4n) is 1.68. The Hall–Kier alpha value is -1.86. The molecule has 0 aliphatic carbocycles. The molecular formula is C12H14N4. The second kappa shape index (κ2) is 5.29. The molecule has 0 bridgehead atoms. The summed E-state index contributed by atoms with van der Waals surface area (Å²) in [6.07, 6.45) is 4.89. The highest BCUT2D eigenvalue weighted by atomic mass is 14.9. The predicted molar refractivity (Wildman–Crippen MR) is 63.0 cm³/mol. The van der Waals surface area contributed by atoms with E-state index in [0.29, 0.717) is 5.69 Å². The zero-order valence-electron chi connectivity index (χ0n) is 9.03. The van der Waals surface area contributed by atoms with Gasteiger partial charge in [0.05, 0.1) is 5.69 Å². The first-order valence-corrected chi connectivity index (χ1v) is 5.38. The van der Waals surface area contributed by atoms with Crippen molar-refractivity contribution in [2.45, 2.75) is 6.42 Å². The molecule has 1 aliphatic rings. The van der Waals surface area contributed by atoms with Gasteiger partial charge in [-0.25, -0.2) is 4.98 Å². The van der Waals surface area contributed by atoms with Crippen LogP contribution in [0.2, 0.25) is 0 Å². The number of pyridine rings is 1. The maximum Gasteiger partial charge on any atom is 0.163 e. The lowest BCUT2D eigenvalue weighted by atomic mass is 10.1. The van der Waals surface area contributed by atoms with Gasteiger partial charge < -0.3 is 10.6 Å². The van der Waals surface area contributed by atoms with E-state index in [1.54, 1.807) is 6.20 Å². The smallest absolute Gasteiger partial charge is 0.163 e. The van der Waals surface area contributed by atoms with Crippen LogP contribution in [0.4, 0.5) is 5.69 Å². The fourth-order valence-corrected chi connectivity index (χ4v) is 1.68. The fraction of sp³-hybridized carbons (Fsp3) is 0.333. The van der Waals surface area contributed by atoms with Crippen LogP contribution in [0.25, 0.3) is 0 Å². The summed E-state index contributed by atoms with van der Waals surface area (Å²) in [6.45, 7) is 2.77. The minimum atomic E-state index is 0.456. The molecule has 2 heterocycles. The number of hydrogen-bond donors (Lipinski definition) is 2. The van der Waals surface area contributed by atoms with Crippen LogP contribution in [0, 0.1) is 11.3 Å². The zero-order valence-corrected chi connectivity index (χ0v) is 9.03. The van der Waals surface area contributed by atoms with Crippen LogP contribution in [0.15, 0.2) is 30.0 Å². The maximum atomic E-state index is 8.88. The molecule has 82 valence electrons. The molecule has 16 heavy (non-hydrogen) atoms. The van der Waals surface area contributed by atoms with E-state index in [4.69, 9.17) is 5.26 Å². The van der Waals surface area contributed by atoms with Crippen molar-refractivity contribution >= 4 is 5.69 Å². The van der Waals surface area contributed by atoms with Crippen LogP contribution in [-0.4, -0.2) is 24.6 Å². The van der Waals surface area contributed by atoms with Gasteiger partial charge in [-0.05, 0) is 25.1 Å². The second-order valence-corrected chi connectivity index (χ2v) is 3.68. The second-order valence-electron chi connectivity index (χ2n) is 3.68. The molecule has 4 nitrogen and oxygen atoms in total. The van der Waals surface area contributed by atoms with Crippen molar-refractivity contribution in [3.8, 4) is 6.07 Å². The zero-order chi connectivity index (χ0) is 11.2. The van der Waals surface area contributed by atoms with Gasteiger partial charge in [-0.15, -0.1) is 0 Å². The largest absolute Gasteiger partial charge is 0.379 e. The number of nitrogens with one attached hydrogen (secondary N) is 2. The minimum absolute atomic E-state index is 0.456. The predicted octanol–water partition coefficient (Wildman–Crippen LogP) is 1.28. The van der Waals surface area contributed by atoms with Crippen molar-refractivity contribution in [2.24, 2.45) is 0 Å². The molecule has 1 aromatic rings. The third-order valence-electron chi connectivity index (χ3n) is 2.58. The van der Waals surface area contributed by atoms with Crippen LogP contribution in [-0.2, 0) is 0 Å². The number of nitrogens with zero attached hydrogens (tertiary/aromatic N) is 2. The lowest BCUT2D eigenvalue weighted by molar-refractivity contribution is 0.698. The van der Waals surface area contributed by atoms with E-state index in [2.05, 4.69) is 27.8 Å². The molecule has 0 fully saturated rings. The Bertz CT molecular complexity index is 431. The van der Waals surface area contributed by atoms with Crippen molar-refractivity contribution in [1.82, 2.24) is 10.3 Å². The van der Waals surface area contributed by atoms with Gasteiger partial charge in [0.1, 0.15) is 6.07 Å². The molecule has 2 N–H and O–H groups in total. The summed E-state index contributed by atoms with van der Waals surface area (Å²) in [6, 6.07) is 5.79. The molecule has 0 spiro atoms. The van der Waals surface area contributed by atoms with Crippen LogP contribution in [0.1, 0.15) is 12.1 Å². The summed E-state index contributed by atoms with van der Waals surface area (Å²) in [4.78, 5) is 4.01. The Kier molecular flexibility index (Phi) is 3.52. The molecule has 0 radical (unpaired) electrons. The van der Waals surface area contributed by atoms with Crippen molar-refractivity contribution < 1.29 is 0 Å². The van der Waals surface area contributed by atoms with Crippen molar-refractivity contribution in [3.63, 3.8) is 0 Å². The van der Waals surface area contributed by atoms with Gasteiger partial charge in [0.25, 0.3) is 0 Å². The van der Waals surface area contributed by atoms with Crippen LogP contribution < -0.4 is 10.6 Å². The molecule has 0 amide bonds. The summed E-state index contributed by atoms with van der Waals surface area (Å²) in [5.74, 6) is 0. The molecular weight excluding hydrogens is 200 g/mol. The highest BCUT2D eigenvalue weighted by Crippen LogP contribution is 2.12. The Morgan fingerprint density at radius 3 is 3.25 bits per heavy atom. The summed E-state index contributed by atoms with van der Waals surface area (Å²) >= 11 is 0. The third-order valence-corrected chi connectivity index (χ3v) is 2.58. The van der Waals surface area contributed by atoms with Crippen molar-refractivity contribution in [3.05, 3.63) is 35.7 Å². The lowest BCUT2D eigenvalue weighted by Gasteiger charge is -2.15. The summed E-state index contributed by atoms with van der Waals surface area (Å²) in [5, 5.41) is 15.4. The average Bonchev–Trinajstić information content (AvgIpc) is 2.38. The van der Waals surface area contributed by atoms with E-state index in [-0.39, 0.29) is 0 Å². The van der Waals surface area contributed by atoms with Gasteiger partial charge in [0.15, 0.2) is 5.69 Å². The molecule has 1 aliphatic heterocycles. The number of aromatic nitrogens is 1. The van der Waals surface area contributed by atoms with Gasteiger partial charge in [0, 0.05) is 19.3 Å². The van der Waals surface area contributed by atoms with Crippen molar-refractivity contribution in [2.75, 3.05) is 25.0 Å². The quantitative estimate of drug-likeness (QED) is 0.744.